The van der Waals surface area contributed by atoms with E-state index in [2.05, 4.69) is 31.9 Å². The molecule has 90 valence electrons. The second-order valence-electron chi connectivity index (χ2n) is 3.81. The quantitative estimate of drug-likeness (QED) is 0.820. The van der Waals surface area contributed by atoms with Crippen molar-refractivity contribution in [3.63, 3.8) is 0 Å². The van der Waals surface area contributed by atoms with E-state index in [0.717, 1.165) is 4.47 Å². The molecule has 0 bridgehead atoms. The SMILES string of the molecule is O=Cc1cc(Br)cc(Br)c1N1CC(O)CC1=O. The Morgan fingerprint density at radius 1 is 1.41 bits per heavy atom. The predicted molar refractivity (Wildman–Crippen MR) is 70.2 cm³/mol. The molecule has 1 aliphatic rings. The summed E-state index contributed by atoms with van der Waals surface area (Å²) in [5.41, 5.74) is 0.929. The molecule has 1 unspecified atom stereocenters. The predicted octanol–water partition coefficient (Wildman–Crippen LogP) is 2.12. The number of carbonyl (C=O) groups is 2. The number of β-amino-alcohol motifs (C(OH)–C–C–N with tert-alkyl or cyclic N) is 1. The molecule has 0 radical (unpaired) electrons. The standard InChI is InChI=1S/C11H9Br2NO3/c12-7-1-6(5-15)11(9(13)2-7)14-4-8(16)3-10(14)17/h1-2,5,8,16H,3-4H2. The molecule has 1 saturated heterocycles. The first kappa shape index (κ1) is 12.7. The number of aldehydes is 1. The van der Waals surface area contributed by atoms with Crippen molar-refractivity contribution in [3.05, 3.63) is 26.6 Å². The lowest BCUT2D eigenvalue weighted by Crippen LogP contribution is -2.26. The molecule has 0 aliphatic carbocycles. The van der Waals surface area contributed by atoms with Crippen LogP contribution >= 0.6 is 31.9 Å². The van der Waals surface area contributed by atoms with E-state index in [4.69, 9.17) is 0 Å². The fourth-order valence-electron chi connectivity index (χ4n) is 1.87. The Bertz CT molecular complexity index is 490. The smallest absolute Gasteiger partial charge is 0.229 e. The lowest BCUT2D eigenvalue weighted by Gasteiger charge is -2.19. The van der Waals surface area contributed by atoms with Crippen LogP contribution in [-0.4, -0.2) is 29.9 Å². The van der Waals surface area contributed by atoms with Crippen molar-refractivity contribution in [1.29, 1.82) is 0 Å². The molecule has 1 atom stereocenters. The van der Waals surface area contributed by atoms with Gasteiger partial charge in [-0.2, -0.15) is 0 Å². The minimum Gasteiger partial charge on any atom is -0.391 e. The van der Waals surface area contributed by atoms with Gasteiger partial charge < -0.3 is 10.0 Å². The van der Waals surface area contributed by atoms with Gasteiger partial charge in [-0.05, 0) is 28.1 Å². The molecule has 1 aliphatic heterocycles. The van der Waals surface area contributed by atoms with Crippen LogP contribution in [0.4, 0.5) is 5.69 Å². The average Bonchev–Trinajstić information content (AvgIpc) is 2.56. The van der Waals surface area contributed by atoms with Crippen molar-refractivity contribution >= 4 is 49.7 Å². The van der Waals surface area contributed by atoms with E-state index >= 15 is 0 Å². The highest BCUT2D eigenvalue weighted by molar-refractivity contribution is 9.11. The maximum absolute atomic E-state index is 11.7. The van der Waals surface area contributed by atoms with Gasteiger partial charge in [-0.15, -0.1) is 0 Å². The highest BCUT2D eigenvalue weighted by atomic mass is 79.9. The van der Waals surface area contributed by atoms with Gasteiger partial charge in [-0.25, -0.2) is 0 Å². The van der Waals surface area contributed by atoms with Gasteiger partial charge in [0.05, 0.1) is 24.8 Å². The summed E-state index contributed by atoms with van der Waals surface area (Å²) >= 11 is 6.61. The first-order valence-corrected chi connectivity index (χ1v) is 6.54. The molecular formula is C11H9Br2NO3. The van der Waals surface area contributed by atoms with E-state index in [1.165, 1.54) is 4.90 Å². The minimum absolute atomic E-state index is 0.0980. The largest absolute Gasteiger partial charge is 0.391 e. The summed E-state index contributed by atoms with van der Waals surface area (Å²) in [6.07, 6.45) is 0.126. The lowest BCUT2D eigenvalue weighted by atomic mass is 10.2. The second-order valence-corrected chi connectivity index (χ2v) is 5.58. The van der Waals surface area contributed by atoms with Crippen molar-refractivity contribution in [2.45, 2.75) is 12.5 Å². The van der Waals surface area contributed by atoms with E-state index < -0.39 is 6.10 Å². The molecule has 2 rings (SSSR count). The number of rotatable bonds is 2. The second kappa shape index (κ2) is 4.88. The fraction of sp³-hybridized carbons (Fsp3) is 0.273. The molecule has 1 fully saturated rings. The summed E-state index contributed by atoms with van der Waals surface area (Å²) in [7, 11) is 0. The van der Waals surface area contributed by atoms with Crippen LogP contribution in [0.5, 0.6) is 0 Å². The third-order valence-electron chi connectivity index (χ3n) is 2.56. The van der Waals surface area contributed by atoms with Crippen LogP contribution in [0.3, 0.4) is 0 Å². The number of aliphatic hydroxyl groups is 1. The van der Waals surface area contributed by atoms with E-state index in [1.54, 1.807) is 12.1 Å². The van der Waals surface area contributed by atoms with Crippen LogP contribution in [0.1, 0.15) is 16.8 Å². The number of hydrogen-bond donors (Lipinski definition) is 1. The maximum Gasteiger partial charge on any atom is 0.229 e. The van der Waals surface area contributed by atoms with Crippen LogP contribution in [0.2, 0.25) is 0 Å². The van der Waals surface area contributed by atoms with Gasteiger partial charge >= 0.3 is 0 Å². The monoisotopic (exact) mass is 361 g/mol. The summed E-state index contributed by atoms with van der Waals surface area (Å²) in [5, 5.41) is 9.47. The molecule has 1 aromatic rings. The van der Waals surface area contributed by atoms with Gasteiger partial charge in [-0.1, -0.05) is 15.9 Å². The van der Waals surface area contributed by atoms with Gasteiger partial charge in [-0.3, -0.25) is 9.59 Å². The summed E-state index contributed by atoms with van der Waals surface area (Å²) in [5.74, 6) is -0.177. The summed E-state index contributed by atoms with van der Waals surface area (Å²) in [6, 6.07) is 3.41. The minimum atomic E-state index is -0.669. The molecule has 1 heterocycles. The molecule has 1 aromatic carbocycles. The molecule has 1 amide bonds. The van der Waals surface area contributed by atoms with Crippen LogP contribution in [-0.2, 0) is 4.79 Å². The number of hydrogen-bond acceptors (Lipinski definition) is 3. The van der Waals surface area contributed by atoms with Crippen LogP contribution < -0.4 is 4.90 Å². The summed E-state index contributed by atoms with van der Waals surface area (Å²) in [4.78, 5) is 24.2. The maximum atomic E-state index is 11.7. The zero-order chi connectivity index (χ0) is 12.6. The number of halogens is 2. The zero-order valence-corrected chi connectivity index (χ0v) is 11.9. The van der Waals surface area contributed by atoms with E-state index in [1.807, 2.05) is 0 Å². The first-order valence-electron chi connectivity index (χ1n) is 4.95. The molecule has 0 spiro atoms. The van der Waals surface area contributed by atoms with E-state index in [-0.39, 0.29) is 18.9 Å². The third kappa shape index (κ3) is 2.43. The van der Waals surface area contributed by atoms with Gasteiger partial charge in [0.1, 0.15) is 0 Å². The van der Waals surface area contributed by atoms with Crippen LogP contribution in [0, 0.1) is 0 Å². The summed E-state index contributed by atoms with van der Waals surface area (Å²) in [6.45, 7) is 0.222. The Hall–Kier alpha value is -0.720. The Morgan fingerprint density at radius 3 is 2.65 bits per heavy atom. The van der Waals surface area contributed by atoms with Crippen LogP contribution in [0.15, 0.2) is 21.1 Å². The zero-order valence-electron chi connectivity index (χ0n) is 8.69. The first-order chi connectivity index (χ1) is 8.02. The Balaban J connectivity index is 2.51. The van der Waals surface area contributed by atoms with E-state index in [0.29, 0.717) is 22.0 Å². The van der Waals surface area contributed by atoms with Crippen molar-refractivity contribution < 1.29 is 14.7 Å². The lowest BCUT2D eigenvalue weighted by molar-refractivity contribution is -0.117. The molecule has 0 aromatic heterocycles. The van der Waals surface area contributed by atoms with Crippen molar-refractivity contribution in [3.8, 4) is 0 Å². The number of anilines is 1. The van der Waals surface area contributed by atoms with Crippen molar-refractivity contribution in [1.82, 2.24) is 0 Å². The third-order valence-corrected chi connectivity index (χ3v) is 3.62. The number of carbonyl (C=O) groups excluding carboxylic acids is 2. The van der Waals surface area contributed by atoms with Gasteiger partial charge in [0.25, 0.3) is 0 Å². The topological polar surface area (TPSA) is 57.6 Å². The summed E-state index contributed by atoms with van der Waals surface area (Å²) < 4.78 is 1.40. The van der Waals surface area contributed by atoms with Crippen molar-refractivity contribution in [2.24, 2.45) is 0 Å². The van der Waals surface area contributed by atoms with E-state index in [9.17, 15) is 14.7 Å². The average molecular weight is 363 g/mol. The van der Waals surface area contributed by atoms with Gasteiger partial charge in [0, 0.05) is 14.5 Å². The Labute approximate surface area is 115 Å². The van der Waals surface area contributed by atoms with Crippen LogP contribution in [0.25, 0.3) is 0 Å². The molecule has 1 N–H and O–H groups in total. The number of nitrogens with zero attached hydrogens (tertiary/aromatic N) is 1. The number of amides is 1. The molecule has 4 nitrogen and oxygen atoms in total. The Kier molecular flexibility index (Phi) is 3.65. The highest BCUT2D eigenvalue weighted by Gasteiger charge is 2.31. The normalized spacial score (nSPS) is 19.8. The number of aliphatic hydroxyl groups excluding tert-OH is 1. The number of benzene rings is 1. The molecular weight excluding hydrogens is 354 g/mol. The molecule has 0 saturated carbocycles. The highest BCUT2D eigenvalue weighted by Crippen LogP contribution is 2.35. The molecule has 17 heavy (non-hydrogen) atoms. The fourth-order valence-corrected chi connectivity index (χ4v) is 3.34. The molecule has 6 heteroatoms. The van der Waals surface area contributed by atoms with Gasteiger partial charge in [0.2, 0.25) is 5.91 Å². The Morgan fingerprint density at radius 2 is 2.12 bits per heavy atom. The van der Waals surface area contributed by atoms with Crippen molar-refractivity contribution in [2.75, 3.05) is 11.4 Å². The van der Waals surface area contributed by atoms with Gasteiger partial charge in [0.15, 0.2) is 6.29 Å².